The normalized spacial score (nSPS) is 12.6. The molecule has 0 aliphatic carbocycles. The molecule has 1 rings (SSSR count). The quantitative estimate of drug-likeness (QED) is 0.864. The van der Waals surface area contributed by atoms with Crippen LogP contribution in [0.2, 0.25) is 0 Å². The summed E-state index contributed by atoms with van der Waals surface area (Å²) in [5, 5.41) is 0. The van der Waals surface area contributed by atoms with Gasteiger partial charge in [-0.15, -0.1) is 0 Å². The average molecular weight is 293 g/mol. The van der Waals surface area contributed by atoms with E-state index in [1.165, 1.54) is 18.2 Å². The first-order valence-corrected chi connectivity index (χ1v) is 6.85. The molecule has 8 heteroatoms. The Hall–Kier alpha value is -1.83. The predicted molar refractivity (Wildman–Crippen MR) is 63.5 cm³/mol. The van der Waals surface area contributed by atoms with Crippen molar-refractivity contribution in [1.82, 2.24) is 4.72 Å². The summed E-state index contributed by atoms with van der Waals surface area (Å²) in [5.41, 5.74) is -1.13. The maximum absolute atomic E-state index is 12.6. The summed E-state index contributed by atoms with van der Waals surface area (Å²) in [6, 6.07) is 4.64. The number of amides is 1. The van der Waals surface area contributed by atoms with Crippen LogP contribution in [0, 0.1) is 0 Å². The van der Waals surface area contributed by atoms with E-state index in [-0.39, 0.29) is 5.56 Å². The molecule has 4 nitrogen and oxygen atoms in total. The average Bonchev–Trinajstić information content (AvgIpc) is 2.23. The van der Waals surface area contributed by atoms with E-state index in [4.69, 9.17) is 0 Å². The van der Waals surface area contributed by atoms with Crippen molar-refractivity contribution in [3.05, 3.63) is 41.5 Å². The van der Waals surface area contributed by atoms with Crippen LogP contribution in [0.3, 0.4) is 0 Å². The van der Waals surface area contributed by atoms with Crippen LogP contribution in [0.25, 0.3) is 6.08 Å². The van der Waals surface area contributed by atoms with Gasteiger partial charge in [0.15, 0.2) is 0 Å². The van der Waals surface area contributed by atoms with Crippen molar-refractivity contribution in [3.8, 4) is 0 Å². The summed E-state index contributed by atoms with van der Waals surface area (Å²) in [4.78, 5) is 11.1. The van der Waals surface area contributed by atoms with Crippen LogP contribution in [-0.4, -0.2) is 20.6 Å². The zero-order chi connectivity index (χ0) is 14.7. The molecule has 1 amide bonds. The van der Waals surface area contributed by atoms with E-state index in [0.717, 1.165) is 24.5 Å². The van der Waals surface area contributed by atoms with Gasteiger partial charge in [-0.2, -0.15) is 13.2 Å². The molecule has 0 radical (unpaired) electrons. The second-order valence-corrected chi connectivity index (χ2v) is 5.41. The molecule has 0 aliphatic heterocycles. The Morgan fingerprint density at radius 2 is 1.84 bits per heavy atom. The first-order valence-electron chi connectivity index (χ1n) is 4.95. The van der Waals surface area contributed by atoms with Crippen molar-refractivity contribution in [1.29, 1.82) is 0 Å². The molecule has 0 saturated carbocycles. The largest absolute Gasteiger partial charge is 0.416 e. The van der Waals surface area contributed by atoms with E-state index < -0.39 is 27.7 Å². The highest BCUT2D eigenvalue weighted by Gasteiger charge is 2.32. The molecule has 1 aromatic rings. The van der Waals surface area contributed by atoms with Crippen LogP contribution >= 0.6 is 0 Å². The Balaban J connectivity index is 2.98. The summed E-state index contributed by atoms with van der Waals surface area (Å²) in [7, 11) is -3.74. The van der Waals surface area contributed by atoms with Gasteiger partial charge in [0.2, 0.25) is 10.0 Å². The molecule has 19 heavy (non-hydrogen) atoms. The zero-order valence-corrected chi connectivity index (χ0v) is 10.5. The van der Waals surface area contributed by atoms with E-state index in [2.05, 4.69) is 0 Å². The lowest BCUT2D eigenvalue weighted by Crippen LogP contribution is -2.27. The molecular weight excluding hydrogens is 283 g/mol. The molecule has 0 aromatic heterocycles. The van der Waals surface area contributed by atoms with Crippen LogP contribution in [0.15, 0.2) is 30.3 Å². The molecule has 0 spiro atoms. The van der Waals surface area contributed by atoms with E-state index >= 15 is 0 Å². The Bertz CT molecular complexity index is 606. The highest BCUT2D eigenvalue weighted by atomic mass is 32.2. The van der Waals surface area contributed by atoms with E-state index in [9.17, 15) is 26.4 Å². The second-order valence-electron chi connectivity index (χ2n) is 3.66. The fourth-order valence-electron chi connectivity index (χ4n) is 1.28. The topological polar surface area (TPSA) is 63.2 Å². The first-order chi connectivity index (χ1) is 8.59. The molecule has 0 aliphatic rings. The Labute approximate surface area is 108 Å². The highest BCUT2D eigenvalue weighted by Crippen LogP contribution is 2.32. The van der Waals surface area contributed by atoms with Crippen molar-refractivity contribution in [2.75, 3.05) is 6.26 Å². The van der Waals surface area contributed by atoms with Crippen molar-refractivity contribution >= 4 is 22.0 Å². The highest BCUT2D eigenvalue weighted by molar-refractivity contribution is 7.89. The number of hydrogen-bond acceptors (Lipinski definition) is 3. The zero-order valence-electron chi connectivity index (χ0n) is 9.73. The van der Waals surface area contributed by atoms with Gasteiger partial charge in [-0.3, -0.25) is 4.79 Å². The van der Waals surface area contributed by atoms with Crippen LogP contribution in [0.5, 0.6) is 0 Å². The maximum Gasteiger partial charge on any atom is 0.416 e. The van der Waals surface area contributed by atoms with Gasteiger partial charge in [0, 0.05) is 6.08 Å². The number of nitrogens with one attached hydrogen (secondary N) is 1. The lowest BCUT2D eigenvalue weighted by Gasteiger charge is -2.09. The molecule has 0 bridgehead atoms. The van der Waals surface area contributed by atoms with Crippen LogP contribution < -0.4 is 4.72 Å². The van der Waals surface area contributed by atoms with Gasteiger partial charge in [-0.25, -0.2) is 13.1 Å². The number of hydrogen-bond donors (Lipinski definition) is 1. The van der Waals surface area contributed by atoms with Crippen molar-refractivity contribution in [2.45, 2.75) is 6.18 Å². The van der Waals surface area contributed by atoms with Crippen LogP contribution in [0.4, 0.5) is 13.2 Å². The Kier molecular flexibility index (Phi) is 4.35. The molecule has 0 fully saturated rings. The third-order valence-electron chi connectivity index (χ3n) is 1.97. The fourth-order valence-corrected chi connectivity index (χ4v) is 1.72. The van der Waals surface area contributed by atoms with Gasteiger partial charge >= 0.3 is 6.18 Å². The summed E-state index contributed by atoms with van der Waals surface area (Å²) in [6.45, 7) is 0. The summed E-state index contributed by atoms with van der Waals surface area (Å²) >= 11 is 0. The fraction of sp³-hybridized carbons (Fsp3) is 0.182. The molecular formula is C11H10F3NO3S. The number of rotatable bonds is 3. The third-order valence-corrected chi connectivity index (χ3v) is 2.54. The molecule has 1 aromatic carbocycles. The molecule has 1 N–H and O–H groups in total. The molecule has 0 saturated heterocycles. The smallest absolute Gasteiger partial charge is 0.269 e. The predicted octanol–water partition coefficient (Wildman–Crippen LogP) is 1.79. The van der Waals surface area contributed by atoms with E-state index in [1.54, 1.807) is 4.72 Å². The van der Waals surface area contributed by atoms with Gasteiger partial charge in [0.25, 0.3) is 5.91 Å². The van der Waals surface area contributed by atoms with Gasteiger partial charge in [-0.1, -0.05) is 18.2 Å². The van der Waals surface area contributed by atoms with Crippen LogP contribution in [-0.2, 0) is 21.0 Å². The number of alkyl halides is 3. The number of halogens is 3. The van der Waals surface area contributed by atoms with Gasteiger partial charge in [0.1, 0.15) is 0 Å². The van der Waals surface area contributed by atoms with E-state index in [0.29, 0.717) is 0 Å². The van der Waals surface area contributed by atoms with Gasteiger partial charge in [0.05, 0.1) is 11.8 Å². The Morgan fingerprint density at radius 3 is 2.37 bits per heavy atom. The molecule has 0 unspecified atom stereocenters. The minimum Gasteiger partial charge on any atom is -0.269 e. The monoisotopic (exact) mass is 293 g/mol. The van der Waals surface area contributed by atoms with Crippen molar-refractivity contribution in [2.24, 2.45) is 0 Å². The molecule has 104 valence electrons. The molecule has 0 atom stereocenters. The molecule has 0 heterocycles. The third kappa shape index (κ3) is 5.12. The number of carbonyl (C=O) groups is 1. The van der Waals surface area contributed by atoms with Gasteiger partial charge in [-0.05, 0) is 17.7 Å². The van der Waals surface area contributed by atoms with E-state index in [1.807, 2.05) is 0 Å². The lowest BCUT2D eigenvalue weighted by atomic mass is 10.1. The van der Waals surface area contributed by atoms with Gasteiger partial charge < -0.3 is 0 Å². The van der Waals surface area contributed by atoms with Crippen LogP contribution in [0.1, 0.15) is 11.1 Å². The standard InChI is InChI=1S/C11H10F3NO3S/c1-19(17,18)15-10(16)7-6-8-4-2-3-5-9(8)11(12,13)14/h2-7H,1H3,(H,15,16). The second kappa shape index (κ2) is 5.43. The minimum absolute atomic E-state index is 0.223. The van der Waals surface area contributed by atoms with Crippen molar-refractivity contribution in [3.63, 3.8) is 0 Å². The summed E-state index contributed by atoms with van der Waals surface area (Å²) < 4.78 is 60.9. The van der Waals surface area contributed by atoms with Crippen molar-refractivity contribution < 1.29 is 26.4 Å². The number of sulfonamides is 1. The SMILES string of the molecule is CS(=O)(=O)NC(=O)C=Cc1ccccc1C(F)(F)F. The summed E-state index contributed by atoms with van der Waals surface area (Å²) in [5.74, 6) is -1.01. The summed E-state index contributed by atoms with van der Waals surface area (Å²) in [6.07, 6.45) is -2.15. The lowest BCUT2D eigenvalue weighted by molar-refractivity contribution is -0.137. The number of benzene rings is 1. The minimum atomic E-state index is -4.55. The number of carbonyl (C=O) groups excluding carboxylic acids is 1. The first kappa shape index (κ1) is 15.2. The maximum atomic E-state index is 12.6. The Morgan fingerprint density at radius 1 is 1.26 bits per heavy atom.